The van der Waals surface area contributed by atoms with E-state index in [0.29, 0.717) is 30.5 Å². The number of guanidine groups is 1. The van der Waals surface area contributed by atoms with E-state index in [1.807, 2.05) is 39.8 Å². The molecule has 0 bridgehead atoms. The number of benzene rings is 1. The number of carbonyl (C=O) groups excluding carboxylic acids is 1. The summed E-state index contributed by atoms with van der Waals surface area (Å²) in [5.74, 6) is 0.588. The predicted molar refractivity (Wildman–Crippen MR) is 120 cm³/mol. The Labute approximate surface area is 178 Å². The van der Waals surface area contributed by atoms with Crippen LogP contribution in [0.5, 0.6) is 0 Å². The average molecular weight is 497 g/mol. The maximum atomic E-state index is 12.1. The van der Waals surface area contributed by atoms with Gasteiger partial charge in [-0.3, -0.25) is 9.79 Å². The van der Waals surface area contributed by atoms with Gasteiger partial charge in [0, 0.05) is 37.3 Å². The normalized spacial score (nSPS) is 11.5. The third-order valence-corrected chi connectivity index (χ3v) is 4.11. The van der Waals surface area contributed by atoms with E-state index in [0.717, 1.165) is 17.8 Å². The van der Waals surface area contributed by atoms with Crippen LogP contribution >= 0.6 is 35.6 Å². The van der Waals surface area contributed by atoms with Crippen LogP contribution in [0.3, 0.4) is 0 Å². The molecule has 0 aromatic heterocycles. The van der Waals surface area contributed by atoms with Crippen molar-refractivity contribution in [3.05, 3.63) is 28.8 Å². The lowest BCUT2D eigenvalue weighted by Crippen LogP contribution is -2.40. The van der Waals surface area contributed by atoms with Gasteiger partial charge in [0.1, 0.15) is 0 Å². The number of halogens is 2. The van der Waals surface area contributed by atoms with Gasteiger partial charge in [0.2, 0.25) is 5.91 Å². The summed E-state index contributed by atoms with van der Waals surface area (Å²) < 4.78 is 5.36. The lowest BCUT2D eigenvalue weighted by molar-refractivity contribution is -0.116. The molecule has 0 fully saturated rings. The van der Waals surface area contributed by atoms with Crippen LogP contribution in [0, 0.1) is 6.92 Å². The lowest BCUT2D eigenvalue weighted by atomic mass is 10.1. The van der Waals surface area contributed by atoms with E-state index in [-0.39, 0.29) is 35.5 Å². The number of nitrogens with one attached hydrogen (secondary N) is 3. The summed E-state index contributed by atoms with van der Waals surface area (Å²) in [6.07, 6.45) is 0.323. The Kier molecular flexibility index (Phi) is 11.8. The number of aliphatic imine (C=N–C) groups is 1. The Balaban J connectivity index is 0.00000625. The van der Waals surface area contributed by atoms with Crippen molar-refractivity contribution in [1.82, 2.24) is 10.6 Å². The first-order valence-electron chi connectivity index (χ1n) is 8.41. The van der Waals surface area contributed by atoms with E-state index in [1.54, 1.807) is 13.2 Å². The number of hydrogen-bond donors (Lipinski definition) is 3. The predicted octanol–water partition coefficient (Wildman–Crippen LogP) is 3.58. The van der Waals surface area contributed by atoms with E-state index in [1.165, 1.54) is 0 Å². The van der Waals surface area contributed by atoms with Crippen molar-refractivity contribution in [2.24, 2.45) is 4.99 Å². The van der Waals surface area contributed by atoms with Crippen LogP contribution in [0.25, 0.3) is 0 Å². The molecule has 0 aliphatic heterocycles. The van der Waals surface area contributed by atoms with Gasteiger partial charge in [-0.15, -0.1) is 24.0 Å². The molecule has 0 saturated heterocycles. The first kappa shape index (κ1) is 24.9. The zero-order valence-corrected chi connectivity index (χ0v) is 19.2. The molecule has 0 saturated carbocycles. The van der Waals surface area contributed by atoms with Gasteiger partial charge in [-0.05, 0) is 45.4 Å². The Morgan fingerprint density at radius 3 is 2.62 bits per heavy atom. The number of anilines is 1. The van der Waals surface area contributed by atoms with E-state index in [4.69, 9.17) is 16.3 Å². The molecule has 148 valence electrons. The third kappa shape index (κ3) is 9.05. The van der Waals surface area contributed by atoms with Crippen molar-refractivity contribution in [3.63, 3.8) is 0 Å². The van der Waals surface area contributed by atoms with Crippen LogP contribution in [-0.4, -0.2) is 44.2 Å². The van der Waals surface area contributed by atoms with Crippen molar-refractivity contribution >= 4 is 53.1 Å². The molecule has 0 spiro atoms. The van der Waals surface area contributed by atoms with E-state index < -0.39 is 0 Å². The molecular formula is C18H30ClIN4O2. The van der Waals surface area contributed by atoms with Crippen molar-refractivity contribution in [2.75, 3.05) is 32.1 Å². The number of carbonyl (C=O) groups is 1. The fourth-order valence-corrected chi connectivity index (χ4v) is 2.10. The van der Waals surface area contributed by atoms with Gasteiger partial charge in [0.05, 0.1) is 12.1 Å². The first-order valence-corrected chi connectivity index (χ1v) is 8.79. The topological polar surface area (TPSA) is 74.8 Å². The van der Waals surface area contributed by atoms with Gasteiger partial charge >= 0.3 is 0 Å². The highest BCUT2D eigenvalue weighted by Gasteiger charge is 2.15. The summed E-state index contributed by atoms with van der Waals surface area (Å²) in [6.45, 7) is 9.56. The zero-order chi connectivity index (χ0) is 18.9. The molecule has 1 aromatic rings. The summed E-state index contributed by atoms with van der Waals surface area (Å²) >= 11 is 6.06. The minimum atomic E-state index is -0.330. The van der Waals surface area contributed by atoms with E-state index in [9.17, 15) is 4.79 Å². The van der Waals surface area contributed by atoms with E-state index in [2.05, 4.69) is 20.9 Å². The smallest absolute Gasteiger partial charge is 0.226 e. The monoisotopic (exact) mass is 496 g/mol. The van der Waals surface area contributed by atoms with Crippen molar-refractivity contribution in [1.29, 1.82) is 0 Å². The minimum absolute atomic E-state index is 0. The number of ether oxygens (including phenoxy) is 1. The molecule has 1 aromatic carbocycles. The van der Waals surface area contributed by atoms with Crippen molar-refractivity contribution in [3.8, 4) is 0 Å². The van der Waals surface area contributed by atoms with Gasteiger partial charge in [-0.2, -0.15) is 0 Å². The molecule has 3 N–H and O–H groups in total. The first-order chi connectivity index (χ1) is 11.8. The quantitative estimate of drug-likeness (QED) is 0.292. The summed E-state index contributed by atoms with van der Waals surface area (Å²) in [4.78, 5) is 16.6. The molecule has 8 heteroatoms. The summed E-state index contributed by atoms with van der Waals surface area (Å²) in [6, 6.07) is 5.45. The van der Waals surface area contributed by atoms with E-state index >= 15 is 0 Å². The molecule has 1 rings (SSSR count). The van der Waals surface area contributed by atoms with Crippen molar-refractivity contribution in [2.45, 2.75) is 39.7 Å². The second kappa shape index (κ2) is 12.3. The van der Waals surface area contributed by atoms with Gasteiger partial charge in [-0.25, -0.2) is 0 Å². The minimum Gasteiger partial charge on any atom is -0.377 e. The van der Waals surface area contributed by atoms with Crippen LogP contribution in [0.15, 0.2) is 23.2 Å². The SMILES string of the molecule is CCNC(=NCC(C)(C)OC)NCCC(=O)Nc1cccc(Cl)c1C.I. The Morgan fingerprint density at radius 1 is 1.31 bits per heavy atom. The highest BCUT2D eigenvalue weighted by Crippen LogP contribution is 2.22. The molecule has 1 amide bonds. The number of nitrogens with zero attached hydrogens (tertiary/aromatic N) is 1. The highest BCUT2D eigenvalue weighted by molar-refractivity contribution is 14.0. The van der Waals surface area contributed by atoms with Crippen LogP contribution < -0.4 is 16.0 Å². The van der Waals surface area contributed by atoms with Crippen LogP contribution in [-0.2, 0) is 9.53 Å². The molecule has 0 heterocycles. The molecule has 0 aliphatic carbocycles. The standard InChI is InChI=1S/C18H29ClN4O2.HI/c1-6-20-17(22-12-18(3,4)25-5)21-11-10-16(24)23-15-9-7-8-14(19)13(15)2;/h7-9H,6,10-12H2,1-5H3,(H,23,24)(H2,20,21,22);1H. The molecule has 26 heavy (non-hydrogen) atoms. The molecule has 0 atom stereocenters. The Bertz CT molecular complexity index is 609. The molecule has 6 nitrogen and oxygen atoms in total. The third-order valence-electron chi connectivity index (χ3n) is 3.70. The largest absolute Gasteiger partial charge is 0.377 e. The maximum Gasteiger partial charge on any atom is 0.226 e. The van der Waals surface area contributed by atoms with Gasteiger partial charge in [0.25, 0.3) is 0 Å². The maximum absolute atomic E-state index is 12.1. The number of hydrogen-bond acceptors (Lipinski definition) is 3. The summed E-state index contributed by atoms with van der Waals surface area (Å²) in [5, 5.41) is 9.83. The fourth-order valence-electron chi connectivity index (χ4n) is 1.93. The fraction of sp³-hybridized carbons (Fsp3) is 0.556. The van der Waals surface area contributed by atoms with Crippen LogP contribution in [0.4, 0.5) is 5.69 Å². The highest BCUT2D eigenvalue weighted by atomic mass is 127. The van der Waals surface area contributed by atoms with Crippen LogP contribution in [0.2, 0.25) is 5.02 Å². The number of rotatable bonds is 8. The molecule has 0 aliphatic rings. The molecular weight excluding hydrogens is 467 g/mol. The zero-order valence-electron chi connectivity index (χ0n) is 16.1. The van der Waals surface area contributed by atoms with Gasteiger partial charge in [-0.1, -0.05) is 17.7 Å². The van der Waals surface area contributed by atoms with Gasteiger partial charge < -0.3 is 20.7 Å². The van der Waals surface area contributed by atoms with Crippen molar-refractivity contribution < 1.29 is 9.53 Å². The Morgan fingerprint density at radius 2 is 2.00 bits per heavy atom. The summed E-state index contributed by atoms with van der Waals surface area (Å²) in [5.41, 5.74) is 1.27. The average Bonchev–Trinajstić information content (AvgIpc) is 2.57. The van der Waals surface area contributed by atoms with Crippen LogP contribution in [0.1, 0.15) is 32.8 Å². The Hall–Kier alpha value is -1.06. The van der Waals surface area contributed by atoms with Gasteiger partial charge in [0.15, 0.2) is 5.96 Å². The molecule has 0 radical (unpaired) electrons. The number of amides is 1. The lowest BCUT2D eigenvalue weighted by Gasteiger charge is -2.21. The number of methoxy groups -OCH3 is 1. The summed E-state index contributed by atoms with van der Waals surface area (Å²) in [7, 11) is 1.66. The molecule has 0 unspecified atom stereocenters. The second-order valence-electron chi connectivity index (χ2n) is 6.30. The second-order valence-corrected chi connectivity index (χ2v) is 6.70.